The first kappa shape index (κ1) is 45.4. The lowest BCUT2D eigenvalue weighted by molar-refractivity contribution is -0.295. The third-order valence-corrected chi connectivity index (χ3v) is 12.4. The second-order valence-corrected chi connectivity index (χ2v) is 17.4. The number of hydrogen-bond donors (Lipinski definition) is 3. The van der Waals surface area contributed by atoms with Crippen molar-refractivity contribution < 1.29 is 43.2 Å². The molecule has 3 saturated heterocycles. The number of ether oxygens (including phenoxy) is 5. The van der Waals surface area contributed by atoms with Gasteiger partial charge in [0, 0.05) is 49.5 Å². The summed E-state index contributed by atoms with van der Waals surface area (Å²) in [6, 6.07) is 6.47. The molecule has 0 spiro atoms. The normalized spacial score (nSPS) is 35.6. The number of fused-ring (bicyclic) bond motifs is 1. The summed E-state index contributed by atoms with van der Waals surface area (Å²) in [5, 5.41) is 23.7. The highest BCUT2D eigenvalue weighted by atomic mass is 16.7. The van der Waals surface area contributed by atoms with Gasteiger partial charge in [-0.1, -0.05) is 38.1 Å². The fraction of sp³-hybridized carbons (Fsp3) is 0.738. The number of anilines is 1. The van der Waals surface area contributed by atoms with Crippen LogP contribution in [0.25, 0.3) is 11.3 Å². The predicted molar refractivity (Wildman–Crippen MR) is 217 cm³/mol. The molecule has 3 aliphatic rings. The monoisotopic (exact) mass is 814 g/mol. The van der Waals surface area contributed by atoms with E-state index in [1.165, 1.54) is 0 Å². The highest BCUT2D eigenvalue weighted by Crippen LogP contribution is 2.40. The van der Waals surface area contributed by atoms with Crippen molar-refractivity contribution in [2.75, 3.05) is 40.0 Å². The summed E-state index contributed by atoms with van der Waals surface area (Å²) in [4.78, 5) is 45.2. The summed E-state index contributed by atoms with van der Waals surface area (Å²) in [6.07, 6.45) is -0.252. The number of nitrogens with zero attached hydrogens (tertiary/aromatic N) is 5. The van der Waals surface area contributed by atoms with E-state index in [9.17, 15) is 19.5 Å². The molecule has 5 rings (SSSR count). The van der Waals surface area contributed by atoms with Crippen LogP contribution in [0.3, 0.4) is 0 Å². The van der Waals surface area contributed by atoms with Crippen LogP contribution in [0.1, 0.15) is 87.0 Å². The minimum absolute atomic E-state index is 0.00550. The van der Waals surface area contributed by atoms with E-state index in [-0.39, 0.29) is 24.1 Å². The van der Waals surface area contributed by atoms with Gasteiger partial charge < -0.3 is 44.7 Å². The molecule has 12 atom stereocenters. The Labute approximate surface area is 343 Å². The number of methoxy groups -OCH3 is 1. The van der Waals surface area contributed by atoms with Gasteiger partial charge in [-0.3, -0.25) is 19.2 Å². The summed E-state index contributed by atoms with van der Waals surface area (Å²) < 4.78 is 33.0. The standard InChI is InChI=1S/C42H67N7O9/c1-11-34-42(7)37(49(40(53)58-42)18-13-12-17-48-24-31(45-46-48)29-15-14-16-30(43)20-29)28(5)44-23-25(2)22-41(6,54-10)38(27(4)33(50)21-35(51)56-34)57-39-36(52)32(47(8)9)19-26(3)55-39/h14-16,20,24-28,32,34,36-39,44,52H,11-13,17-19,21-23,43H2,1-10H3/t25-,26-,27+,28-,32?,34-,36?,37-,38-,39+,41-,42-/m1/s1. The highest BCUT2D eigenvalue weighted by Gasteiger charge is 2.58. The van der Waals surface area contributed by atoms with Crippen molar-refractivity contribution in [2.45, 2.75) is 154 Å². The molecule has 0 bridgehead atoms. The Morgan fingerprint density at radius 3 is 2.50 bits per heavy atom. The largest absolute Gasteiger partial charge is 0.458 e. The minimum atomic E-state index is -1.22. The molecular formula is C42H67N7O9. The zero-order chi connectivity index (χ0) is 42.5. The highest BCUT2D eigenvalue weighted by molar-refractivity contribution is 5.97. The number of benzene rings is 1. The number of ketones is 1. The molecule has 16 heteroatoms. The molecule has 0 saturated carbocycles. The van der Waals surface area contributed by atoms with E-state index in [4.69, 9.17) is 29.4 Å². The van der Waals surface area contributed by atoms with Gasteiger partial charge in [0.15, 0.2) is 11.9 Å². The number of esters is 1. The first-order valence-electron chi connectivity index (χ1n) is 20.8. The van der Waals surface area contributed by atoms with Gasteiger partial charge >= 0.3 is 12.1 Å². The third kappa shape index (κ3) is 10.2. The Bertz CT molecular complexity index is 1710. The SMILES string of the molecule is CC[C@H]1OC(=O)CC(=O)[C@H](C)[C@@H](O[C@@H]2O[C@H](C)CC(N(C)C)C2O)[C@](C)(OC)C[C@@H](C)CN[C@H](C)[C@H]2N(CCCCn3cc(-c4cccc(N)c4)nn3)C(=O)O[C@]12C. The van der Waals surface area contributed by atoms with Crippen molar-refractivity contribution in [1.82, 2.24) is 30.1 Å². The lowest BCUT2D eigenvalue weighted by Crippen LogP contribution is -2.60. The lowest BCUT2D eigenvalue weighted by atomic mass is 9.80. The molecule has 16 nitrogen and oxygen atoms in total. The molecular weight excluding hydrogens is 747 g/mol. The van der Waals surface area contributed by atoms with Crippen molar-refractivity contribution in [3.05, 3.63) is 30.5 Å². The summed E-state index contributed by atoms with van der Waals surface area (Å²) >= 11 is 0. The number of aromatic nitrogens is 3. The Morgan fingerprint density at radius 1 is 1.10 bits per heavy atom. The summed E-state index contributed by atoms with van der Waals surface area (Å²) in [6.45, 7) is 14.9. The van der Waals surface area contributed by atoms with Crippen LogP contribution in [-0.2, 0) is 39.8 Å². The van der Waals surface area contributed by atoms with Crippen molar-refractivity contribution in [3.63, 3.8) is 0 Å². The van der Waals surface area contributed by atoms with Crippen LogP contribution in [0.15, 0.2) is 30.5 Å². The molecule has 1 aromatic carbocycles. The van der Waals surface area contributed by atoms with Gasteiger partial charge in [-0.15, -0.1) is 5.10 Å². The fourth-order valence-electron chi connectivity index (χ4n) is 9.22. The molecule has 1 amide bonds. The predicted octanol–water partition coefficient (Wildman–Crippen LogP) is 4.04. The second kappa shape index (κ2) is 19.1. The number of nitrogens with two attached hydrogens (primary N) is 1. The Kier molecular flexibility index (Phi) is 15.0. The van der Waals surface area contributed by atoms with E-state index >= 15 is 0 Å². The number of carbonyl (C=O) groups is 3. The van der Waals surface area contributed by atoms with Crippen LogP contribution in [0.2, 0.25) is 0 Å². The number of nitrogen functional groups attached to an aromatic ring is 1. The number of likely N-dealkylation sites (N-methyl/N-ethyl adjacent to an activating group) is 1. The fourth-order valence-corrected chi connectivity index (χ4v) is 9.22. The van der Waals surface area contributed by atoms with Gasteiger partial charge in [0.25, 0.3) is 0 Å². The van der Waals surface area contributed by atoms with Crippen molar-refractivity contribution in [1.29, 1.82) is 0 Å². The van der Waals surface area contributed by atoms with Crippen LogP contribution >= 0.6 is 0 Å². The number of cyclic esters (lactones) is 1. The van der Waals surface area contributed by atoms with Crippen molar-refractivity contribution >= 4 is 23.5 Å². The molecule has 4 N–H and O–H groups in total. The van der Waals surface area contributed by atoms with Gasteiger partial charge in [-0.2, -0.15) is 0 Å². The van der Waals surface area contributed by atoms with E-state index in [0.717, 1.165) is 17.7 Å². The number of aryl methyl sites for hydroxylation is 1. The van der Waals surface area contributed by atoms with Gasteiger partial charge in [0.1, 0.15) is 30.1 Å². The summed E-state index contributed by atoms with van der Waals surface area (Å²) in [5.41, 5.74) is 5.97. The second-order valence-electron chi connectivity index (χ2n) is 17.4. The van der Waals surface area contributed by atoms with E-state index in [2.05, 4.69) is 22.6 Å². The van der Waals surface area contributed by atoms with Crippen molar-refractivity contribution in [3.8, 4) is 11.3 Å². The number of rotatable bonds is 11. The Balaban J connectivity index is 1.35. The van der Waals surface area contributed by atoms with Crippen LogP contribution in [0.4, 0.5) is 10.5 Å². The molecule has 2 unspecified atom stereocenters. The Morgan fingerprint density at radius 2 is 1.83 bits per heavy atom. The van der Waals surface area contributed by atoms with Crippen LogP contribution < -0.4 is 11.1 Å². The first-order valence-corrected chi connectivity index (χ1v) is 20.8. The average Bonchev–Trinajstić information content (AvgIpc) is 3.75. The van der Waals surface area contributed by atoms with Crippen LogP contribution in [0.5, 0.6) is 0 Å². The van der Waals surface area contributed by atoms with Crippen molar-refractivity contribution in [2.24, 2.45) is 11.8 Å². The lowest BCUT2D eigenvalue weighted by Gasteiger charge is -2.46. The summed E-state index contributed by atoms with van der Waals surface area (Å²) in [7, 11) is 5.38. The first-order chi connectivity index (χ1) is 27.4. The molecule has 4 heterocycles. The van der Waals surface area contributed by atoms with Gasteiger partial charge in [-0.05, 0) is 98.5 Å². The molecule has 1 aromatic heterocycles. The number of aliphatic hydroxyl groups is 1. The van der Waals surface area contributed by atoms with E-state index in [1.807, 2.05) is 84.1 Å². The molecule has 324 valence electrons. The number of carbonyl (C=O) groups excluding carboxylic acids is 3. The summed E-state index contributed by atoms with van der Waals surface area (Å²) in [5.74, 6) is -1.96. The molecule has 0 aliphatic carbocycles. The number of hydrogen-bond acceptors (Lipinski definition) is 14. The molecule has 2 aromatic rings. The number of amides is 1. The molecule has 3 fully saturated rings. The van der Waals surface area contributed by atoms with E-state index < -0.39 is 72.0 Å². The topological polar surface area (TPSA) is 193 Å². The maximum absolute atomic E-state index is 14.0. The quantitative estimate of drug-likeness (QED) is 0.127. The molecule has 58 heavy (non-hydrogen) atoms. The van der Waals surface area contributed by atoms with Crippen LogP contribution in [-0.4, -0.2) is 142 Å². The average molecular weight is 814 g/mol. The number of nitrogens with one attached hydrogen (secondary N) is 1. The maximum Gasteiger partial charge on any atom is 0.410 e. The minimum Gasteiger partial charge on any atom is -0.458 e. The maximum atomic E-state index is 14.0. The molecule has 3 aliphatic heterocycles. The van der Waals surface area contributed by atoms with Gasteiger partial charge in [0.05, 0.1) is 30.0 Å². The van der Waals surface area contributed by atoms with Gasteiger partial charge in [0.2, 0.25) is 0 Å². The van der Waals surface area contributed by atoms with Crippen LogP contribution in [0, 0.1) is 11.8 Å². The zero-order valence-electron chi connectivity index (χ0n) is 36.1. The van der Waals surface area contributed by atoms with Gasteiger partial charge in [-0.25, -0.2) is 4.79 Å². The third-order valence-electron chi connectivity index (χ3n) is 12.4. The van der Waals surface area contributed by atoms with E-state index in [1.54, 1.807) is 23.6 Å². The number of unbranched alkanes of at least 4 members (excludes halogenated alkanes) is 1. The number of aliphatic hydroxyl groups excluding tert-OH is 1. The zero-order valence-corrected chi connectivity index (χ0v) is 36.1. The van der Waals surface area contributed by atoms with E-state index in [0.29, 0.717) is 51.0 Å². The molecule has 0 radical (unpaired) electrons. The smallest absolute Gasteiger partial charge is 0.410 e. The Hall–Kier alpha value is -3.67. The number of Topliss-reactive ketones (excluding diaryl/α,β-unsaturated/α-hetero) is 1.